The average Bonchev–Trinajstić information content (AvgIpc) is 3.20. The van der Waals surface area contributed by atoms with Gasteiger partial charge in [-0.1, -0.05) is 37.6 Å². The third-order valence-electron chi connectivity index (χ3n) is 8.33. The molecule has 2 amide bonds. The van der Waals surface area contributed by atoms with Gasteiger partial charge in [-0.15, -0.1) is 0 Å². The molecule has 10 heteroatoms. The lowest BCUT2D eigenvalue weighted by Gasteiger charge is -2.38. The second-order valence-electron chi connectivity index (χ2n) is 11.4. The molecular weight excluding hydrogens is 553 g/mol. The largest absolute Gasteiger partial charge is 0.417 e. The summed E-state index contributed by atoms with van der Waals surface area (Å²) < 4.78 is 40.1. The molecule has 1 aliphatic heterocycles. The number of aromatic nitrogens is 1. The van der Waals surface area contributed by atoms with Crippen LogP contribution in [0, 0.1) is 0 Å². The summed E-state index contributed by atoms with van der Waals surface area (Å²) in [5.41, 5.74) is 1.81. The second-order valence-corrected chi connectivity index (χ2v) is 11.8. The van der Waals surface area contributed by atoms with E-state index in [0.717, 1.165) is 48.8 Å². The number of amides is 2. The van der Waals surface area contributed by atoms with Crippen molar-refractivity contribution in [3.05, 3.63) is 93.8 Å². The molecular formula is C31H32ClF3N4O2. The highest BCUT2D eigenvalue weighted by Gasteiger charge is 2.40. The van der Waals surface area contributed by atoms with E-state index in [-0.39, 0.29) is 22.9 Å². The predicted molar refractivity (Wildman–Crippen MR) is 152 cm³/mol. The van der Waals surface area contributed by atoms with Crippen molar-refractivity contribution in [2.24, 2.45) is 0 Å². The van der Waals surface area contributed by atoms with Crippen LogP contribution in [0.3, 0.4) is 0 Å². The summed E-state index contributed by atoms with van der Waals surface area (Å²) in [5.74, 6) is -0.796. The normalized spacial score (nSPS) is 18.6. The number of alkyl halides is 3. The third-order valence-corrected chi connectivity index (χ3v) is 8.74. The quantitative estimate of drug-likeness (QED) is 0.365. The molecule has 216 valence electrons. The van der Waals surface area contributed by atoms with E-state index in [9.17, 15) is 22.8 Å². The fourth-order valence-electron chi connectivity index (χ4n) is 6.06. The van der Waals surface area contributed by atoms with E-state index in [4.69, 9.17) is 11.6 Å². The number of carbonyl (C=O) groups is 2. The van der Waals surface area contributed by atoms with Crippen LogP contribution in [0.1, 0.15) is 76.6 Å². The summed E-state index contributed by atoms with van der Waals surface area (Å²) in [4.78, 5) is 34.9. The Morgan fingerprint density at radius 3 is 2.41 bits per heavy atom. The number of pyridine rings is 1. The molecule has 1 N–H and O–H groups in total. The molecule has 1 aliphatic carbocycles. The van der Waals surface area contributed by atoms with Crippen LogP contribution in [-0.2, 0) is 11.6 Å². The van der Waals surface area contributed by atoms with Gasteiger partial charge in [0.25, 0.3) is 11.8 Å². The van der Waals surface area contributed by atoms with Gasteiger partial charge in [-0.3, -0.25) is 14.6 Å². The van der Waals surface area contributed by atoms with Crippen molar-refractivity contribution >= 4 is 29.1 Å². The Labute approximate surface area is 242 Å². The van der Waals surface area contributed by atoms with Gasteiger partial charge in [0.2, 0.25) is 0 Å². The number of nitrogens with zero attached hydrogens (tertiary/aromatic N) is 3. The van der Waals surface area contributed by atoms with Crippen molar-refractivity contribution < 1.29 is 22.8 Å². The van der Waals surface area contributed by atoms with Crippen molar-refractivity contribution in [1.29, 1.82) is 0 Å². The number of rotatable bonds is 5. The van der Waals surface area contributed by atoms with Crippen LogP contribution in [0.5, 0.6) is 0 Å². The number of fused-ring (bicyclic) bond motifs is 1. The van der Waals surface area contributed by atoms with Crippen LogP contribution < -0.4 is 10.2 Å². The molecule has 0 saturated carbocycles. The monoisotopic (exact) mass is 584 g/mol. The molecule has 2 aromatic carbocycles. The predicted octanol–water partition coefficient (Wildman–Crippen LogP) is 6.65. The van der Waals surface area contributed by atoms with Crippen molar-refractivity contribution in [3.63, 3.8) is 0 Å². The Bertz CT molecular complexity index is 1450. The molecule has 1 aromatic heterocycles. The molecule has 1 unspecified atom stereocenters. The maximum absolute atomic E-state index is 13.6. The number of nitrogens with one attached hydrogen (secondary N) is 1. The van der Waals surface area contributed by atoms with Crippen molar-refractivity contribution in [3.8, 4) is 0 Å². The van der Waals surface area contributed by atoms with Crippen LogP contribution in [0.25, 0.3) is 0 Å². The van der Waals surface area contributed by atoms with Gasteiger partial charge in [0.15, 0.2) is 0 Å². The minimum Gasteiger partial charge on any atom is -0.371 e. The van der Waals surface area contributed by atoms with Gasteiger partial charge in [-0.25, -0.2) is 0 Å². The molecule has 1 atom stereocenters. The first-order valence-corrected chi connectivity index (χ1v) is 14.0. The summed E-state index contributed by atoms with van der Waals surface area (Å²) in [7, 11) is 1.82. The van der Waals surface area contributed by atoms with Crippen molar-refractivity contribution in [2.45, 2.75) is 56.8 Å². The lowest BCUT2D eigenvalue weighted by molar-refractivity contribution is -0.137. The second kappa shape index (κ2) is 11.0. The minimum atomic E-state index is -4.67. The fourth-order valence-corrected chi connectivity index (χ4v) is 6.38. The standard InChI is InChI=1S/C31H32ClF3N4O2/c1-30(2)18-26(37-28(40)22-5-4-6-25(27(22)32)31(33,34)35)23-17-19(7-8-24(23)30)29(41)38(3)20-11-15-39(16-12-20)21-9-13-36-14-10-21/h4-10,13-14,17,20,26H,11-12,15-16,18H2,1-3H3,(H,37,40). The number of anilines is 1. The first-order chi connectivity index (χ1) is 19.4. The smallest absolute Gasteiger partial charge is 0.371 e. The van der Waals surface area contributed by atoms with E-state index < -0.39 is 28.7 Å². The summed E-state index contributed by atoms with van der Waals surface area (Å²) in [6.07, 6.45) is 1.07. The number of hydrogen-bond donors (Lipinski definition) is 1. The molecule has 0 bridgehead atoms. The van der Waals surface area contributed by atoms with Crippen LogP contribution >= 0.6 is 11.6 Å². The van der Waals surface area contributed by atoms with E-state index in [1.165, 1.54) is 12.1 Å². The van der Waals surface area contributed by atoms with Gasteiger partial charge in [-0.2, -0.15) is 13.2 Å². The zero-order valence-electron chi connectivity index (χ0n) is 23.1. The first kappa shape index (κ1) is 28.9. The molecule has 0 radical (unpaired) electrons. The van der Waals surface area contributed by atoms with Crippen molar-refractivity contribution in [1.82, 2.24) is 15.2 Å². The highest BCUT2D eigenvalue weighted by atomic mass is 35.5. The fraction of sp³-hybridized carbons (Fsp3) is 0.387. The molecule has 1 saturated heterocycles. The topological polar surface area (TPSA) is 65.5 Å². The van der Waals surface area contributed by atoms with Crippen LogP contribution in [0.4, 0.5) is 18.9 Å². The lowest BCUT2D eigenvalue weighted by atomic mass is 9.86. The van der Waals surface area contributed by atoms with Gasteiger partial charge in [-0.05, 0) is 72.2 Å². The van der Waals surface area contributed by atoms with Gasteiger partial charge in [0.1, 0.15) is 0 Å². The lowest BCUT2D eigenvalue weighted by Crippen LogP contribution is -2.45. The molecule has 2 heterocycles. The summed E-state index contributed by atoms with van der Waals surface area (Å²) in [6.45, 7) is 5.74. The van der Waals surface area contributed by atoms with Gasteiger partial charge in [0, 0.05) is 49.8 Å². The number of hydrogen-bond acceptors (Lipinski definition) is 4. The highest BCUT2D eigenvalue weighted by molar-refractivity contribution is 6.34. The number of carbonyl (C=O) groups excluding carboxylic acids is 2. The Balaban J connectivity index is 1.32. The van der Waals surface area contributed by atoms with E-state index in [2.05, 4.69) is 15.2 Å². The van der Waals surface area contributed by atoms with E-state index >= 15 is 0 Å². The molecule has 1 fully saturated rings. The van der Waals surface area contributed by atoms with Gasteiger partial charge < -0.3 is 15.1 Å². The number of benzene rings is 2. The molecule has 3 aromatic rings. The number of halogens is 4. The highest BCUT2D eigenvalue weighted by Crippen LogP contribution is 2.45. The molecule has 2 aliphatic rings. The summed E-state index contributed by atoms with van der Waals surface area (Å²) in [5, 5.41) is 2.25. The maximum Gasteiger partial charge on any atom is 0.417 e. The Morgan fingerprint density at radius 1 is 1.07 bits per heavy atom. The van der Waals surface area contributed by atoms with Crippen molar-refractivity contribution in [2.75, 3.05) is 25.0 Å². The average molecular weight is 585 g/mol. The van der Waals surface area contributed by atoms with Gasteiger partial charge in [0.05, 0.1) is 22.2 Å². The maximum atomic E-state index is 13.6. The Kier molecular flexibility index (Phi) is 7.76. The third kappa shape index (κ3) is 5.77. The summed E-state index contributed by atoms with van der Waals surface area (Å²) >= 11 is 6.01. The summed E-state index contributed by atoms with van der Waals surface area (Å²) in [6, 6.07) is 12.4. The van der Waals surface area contributed by atoms with E-state index in [1.54, 1.807) is 17.3 Å². The minimum absolute atomic E-state index is 0.0869. The molecule has 5 rings (SSSR count). The van der Waals surface area contributed by atoms with Crippen LogP contribution in [-0.4, -0.2) is 47.9 Å². The SMILES string of the molecule is CN(C(=O)c1ccc2c(c1)C(NC(=O)c1cccc(C(F)(F)F)c1Cl)CC2(C)C)C1CCN(c2ccncc2)CC1. The van der Waals surface area contributed by atoms with Gasteiger partial charge >= 0.3 is 6.18 Å². The van der Waals surface area contributed by atoms with E-state index in [0.29, 0.717) is 12.0 Å². The molecule has 41 heavy (non-hydrogen) atoms. The van der Waals surface area contributed by atoms with E-state index in [1.807, 2.05) is 51.2 Å². The first-order valence-electron chi connectivity index (χ1n) is 13.6. The Hall–Kier alpha value is -3.59. The van der Waals surface area contributed by atoms with Crippen LogP contribution in [0.15, 0.2) is 60.9 Å². The molecule has 6 nitrogen and oxygen atoms in total. The van der Waals surface area contributed by atoms with Crippen LogP contribution in [0.2, 0.25) is 5.02 Å². The number of piperidine rings is 1. The zero-order valence-corrected chi connectivity index (χ0v) is 23.9. The Morgan fingerprint density at radius 2 is 1.76 bits per heavy atom. The molecule has 0 spiro atoms. The zero-order chi connectivity index (χ0) is 29.5.